The lowest BCUT2D eigenvalue weighted by molar-refractivity contribution is 0.268. The van der Waals surface area contributed by atoms with E-state index in [9.17, 15) is 5.11 Å². The van der Waals surface area contributed by atoms with Crippen molar-refractivity contribution < 1.29 is 10.2 Å². The molecule has 0 aliphatic heterocycles. The normalized spacial score (nSPS) is 11.8. The standard InChI is InChI=1S/C15H21N3O2/c1-15(2,3)12-6-4-11(5-7-12)14-13(10-20)16-17-18(14)8-9-19/h4-7,19-20H,8-10H2,1-3H3. The quantitative estimate of drug-likeness (QED) is 0.891. The lowest BCUT2D eigenvalue weighted by Crippen LogP contribution is -2.11. The van der Waals surface area contributed by atoms with Crippen LogP contribution in [0.15, 0.2) is 24.3 Å². The molecule has 1 aromatic carbocycles. The van der Waals surface area contributed by atoms with Crippen LogP contribution in [-0.2, 0) is 18.6 Å². The van der Waals surface area contributed by atoms with Crippen LogP contribution >= 0.6 is 0 Å². The Morgan fingerprint density at radius 3 is 2.25 bits per heavy atom. The molecule has 2 aromatic rings. The molecule has 0 aliphatic carbocycles. The molecule has 0 aliphatic rings. The van der Waals surface area contributed by atoms with Crippen molar-refractivity contribution in [1.29, 1.82) is 0 Å². The third-order valence-electron chi connectivity index (χ3n) is 3.29. The summed E-state index contributed by atoms with van der Waals surface area (Å²) in [6.45, 7) is 6.68. The molecule has 0 radical (unpaired) electrons. The lowest BCUT2D eigenvalue weighted by Gasteiger charge is -2.19. The Labute approximate surface area is 118 Å². The van der Waals surface area contributed by atoms with Crippen LogP contribution in [0.3, 0.4) is 0 Å². The molecule has 108 valence electrons. The summed E-state index contributed by atoms with van der Waals surface area (Å²) < 4.78 is 1.62. The first-order valence-corrected chi connectivity index (χ1v) is 6.72. The summed E-state index contributed by atoms with van der Waals surface area (Å²) in [7, 11) is 0. The van der Waals surface area contributed by atoms with Gasteiger partial charge in [-0.1, -0.05) is 50.3 Å². The van der Waals surface area contributed by atoms with E-state index >= 15 is 0 Å². The van der Waals surface area contributed by atoms with Crippen molar-refractivity contribution in [3.8, 4) is 11.3 Å². The Kier molecular flexibility index (Phi) is 4.20. The van der Waals surface area contributed by atoms with Crippen molar-refractivity contribution in [2.45, 2.75) is 39.3 Å². The van der Waals surface area contributed by atoms with Crippen LogP contribution in [-0.4, -0.2) is 31.8 Å². The van der Waals surface area contributed by atoms with E-state index in [1.165, 1.54) is 5.56 Å². The maximum atomic E-state index is 9.37. The van der Waals surface area contributed by atoms with Gasteiger partial charge in [-0.25, -0.2) is 4.68 Å². The number of nitrogens with zero attached hydrogens (tertiary/aromatic N) is 3. The van der Waals surface area contributed by atoms with E-state index in [4.69, 9.17) is 5.11 Å². The monoisotopic (exact) mass is 275 g/mol. The number of aliphatic hydroxyl groups excluding tert-OH is 2. The minimum absolute atomic E-state index is 0.0126. The maximum Gasteiger partial charge on any atom is 0.116 e. The summed E-state index contributed by atoms with van der Waals surface area (Å²) in [4.78, 5) is 0. The van der Waals surface area contributed by atoms with Crippen LogP contribution < -0.4 is 0 Å². The second-order valence-corrected chi connectivity index (χ2v) is 5.82. The van der Waals surface area contributed by atoms with Crippen LogP contribution in [0.1, 0.15) is 32.0 Å². The molecular weight excluding hydrogens is 254 g/mol. The second-order valence-electron chi connectivity index (χ2n) is 5.82. The summed E-state index contributed by atoms with van der Waals surface area (Å²) in [5.74, 6) is 0. The van der Waals surface area contributed by atoms with E-state index in [1.54, 1.807) is 4.68 Å². The van der Waals surface area contributed by atoms with Gasteiger partial charge in [0.2, 0.25) is 0 Å². The molecule has 5 nitrogen and oxygen atoms in total. The zero-order chi connectivity index (χ0) is 14.8. The molecule has 0 unspecified atom stereocenters. The van der Waals surface area contributed by atoms with Gasteiger partial charge < -0.3 is 10.2 Å². The molecule has 0 spiro atoms. The van der Waals surface area contributed by atoms with Crippen LogP contribution in [0.25, 0.3) is 11.3 Å². The van der Waals surface area contributed by atoms with Gasteiger partial charge in [0.1, 0.15) is 5.69 Å². The Morgan fingerprint density at radius 2 is 1.75 bits per heavy atom. The molecule has 0 amide bonds. The van der Waals surface area contributed by atoms with E-state index in [2.05, 4.69) is 43.2 Å². The molecule has 0 atom stereocenters. The summed E-state index contributed by atoms with van der Waals surface area (Å²) in [5.41, 5.74) is 3.58. The van der Waals surface area contributed by atoms with Gasteiger partial charge in [0.05, 0.1) is 25.5 Å². The van der Waals surface area contributed by atoms with Gasteiger partial charge in [-0.2, -0.15) is 0 Å². The van der Waals surface area contributed by atoms with Gasteiger partial charge in [0.25, 0.3) is 0 Å². The third-order valence-corrected chi connectivity index (χ3v) is 3.29. The molecule has 20 heavy (non-hydrogen) atoms. The first-order valence-electron chi connectivity index (χ1n) is 6.72. The highest BCUT2D eigenvalue weighted by atomic mass is 16.3. The van der Waals surface area contributed by atoms with Gasteiger partial charge in [-0.05, 0) is 11.0 Å². The molecule has 0 saturated heterocycles. The Balaban J connectivity index is 2.43. The molecule has 5 heteroatoms. The van der Waals surface area contributed by atoms with Crippen molar-refractivity contribution in [2.75, 3.05) is 6.61 Å². The highest BCUT2D eigenvalue weighted by Gasteiger charge is 2.16. The summed E-state index contributed by atoms with van der Waals surface area (Å²) >= 11 is 0. The third kappa shape index (κ3) is 2.89. The molecular formula is C15H21N3O2. The van der Waals surface area contributed by atoms with E-state index in [-0.39, 0.29) is 18.6 Å². The predicted molar refractivity (Wildman–Crippen MR) is 77.2 cm³/mol. The van der Waals surface area contributed by atoms with Crippen LogP contribution in [0.2, 0.25) is 0 Å². The SMILES string of the molecule is CC(C)(C)c1ccc(-c2c(CO)nnn2CCO)cc1. The lowest BCUT2D eigenvalue weighted by atomic mass is 9.86. The minimum atomic E-state index is -0.165. The maximum absolute atomic E-state index is 9.37. The van der Waals surface area contributed by atoms with Gasteiger partial charge in [0.15, 0.2) is 0 Å². The number of hydrogen-bond acceptors (Lipinski definition) is 4. The topological polar surface area (TPSA) is 71.2 Å². The van der Waals surface area contributed by atoms with Crippen molar-refractivity contribution in [1.82, 2.24) is 15.0 Å². The van der Waals surface area contributed by atoms with Crippen molar-refractivity contribution in [2.24, 2.45) is 0 Å². The molecule has 0 bridgehead atoms. The molecule has 1 heterocycles. The van der Waals surface area contributed by atoms with E-state index in [0.717, 1.165) is 11.3 Å². The Bertz CT molecular complexity index is 568. The number of aliphatic hydroxyl groups is 2. The van der Waals surface area contributed by atoms with E-state index in [1.807, 2.05) is 12.1 Å². The summed E-state index contributed by atoms with van der Waals surface area (Å²) in [5, 5.41) is 26.4. The number of rotatable bonds is 4. The van der Waals surface area contributed by atoms with Gasteiger partial charge in [-0.15, -0.1) is 5.10 Å². The van der Waals surface area contributed by atoms with Crippen LogP contribution in [0.4, 0.5) is 0 Å². The molecule has 1 aromatic heterocycles. The summed E-state index contributed by atoms with van der Waals surface area (Å²) in [6.07, 6.45) is 0. The van der Waals surface area contributed by atoms with Crippen molar-refractivity contribution >= 4 is 0 Å². The smallest absolute Gasteiger partial charge is 0.116 e. The number of hydrogen-bond donors (Lipinski definition) is 2. The van der Waals surface area contributed by atoms with Crippen molar-refractivity contribution in [3.05, 3.63) is 35.5 Å². The molecule has 2 N–H and O–H groups in total. The first-order chi connectivity index (χ1) is 9.47. The largest absolute Gasteiger partial charge is 0.394 e. The molecule has 0 fully saturated rings. The Morgan fingerprint density at radius 1 is 1.10 bits per heavy atom. The molecule has 2 rings (SSSR count). The van der Waals surface area contributed by atoms with Crippen LogP contribution in [0.5, 0.6) is 0 Å². The van der Waals surface area contributed by atoms with Gasteiger partial charge in [-0.3, -0.25) is 0 Å². The average molecular weight is 275 g/mol. The van der Waals surface area contributed by atoms with Gasteiger partial charge in [0, 0.05) is 5.56 Å². The highest BCUT2D eigenvalue weighted by molar-refractivity contribution is 5.62. The van der Waals surface area contributed by atoms with E-state index < -0.39 is 0 Å². The average Bonchev–Trinajstić information content (AvgIpc) is 2.81. The zero-order valence-electron chi connectivity index (χ0n) is 12.2. The number of benzene rings is 1. The highest BCUT2D eigenvalue weighted by Crippen LogP contribution is 2.27. The van der Waals surface area contributed by atoms with E-state index in [0.29, 0.717) is 12.2 Å². The number of aromatic nitrogens is 3. The second kappa shape index (κ2) is 5.73. The molecule has 0 saturated carbocycles. The first kappa shape index (κ1) is 14.7. The predicted octanol–water partition coefficient (Wildman–Crippen LogP) is 1.73. The zero-order valence-corrected chi connectivity index (χ0v) is 12.2. The fraction of sp³-hybridized carbons (Fsp3) is 0.467. The van der Waals surface area contributed by atoms with Crippen molar-refractivity contribution in [3.63, 3.8) is 0 Å². The van der Waals surface area contributed by atoms with Gasteiger partial charge >= 0.3 is 0 Å². The Hall–Kier alpha value is -1.72. The van der Waals surface area contributed by atoms with Crippen LogP contribution in [0, 0.1) is 0 Å². The fourth-order valence-corrected chi connectivity index (χ4v) is 2.15. The summed E-state index contributed by atoms with van der Waals surface area (Å²) in [6, 6.07) is 8.16. The fourth-order valence-electron chi connectivity index (χ4n) is 2.15. The minimum Gasteiger partial charge on any atom is -0.394 e.